The first-order valence-electron chi connectivity index (χ1n) is 4.56. The fourth-order valence-corrected chi connectivity index (χ4v) is 1.45. The smallest absolute Gasteiger partial charge is 0.325 e. The largest absolute Gasteiger partial charge is 0.480 e. The summed E-state index contributed by atoms with van der Waals surface area (Å²) in [5.41, 5.74) is 1.78. The van der Waals surface area contributed by atoms with E-state index in [1.807, 2.05) is 30.3 Å². The fraction of sp³-hybridized carbons (Fsp3) is 0.0909. The lowest BCUT2D eigenvalue weighted by molar-refractivity contribution is -0.135. The molecular formula is C11H10N2O2. The molecule has 4 heteroatoms. The Morgan fingerprint density at radius 3 is 3.00 bits per heavy atom. The van der Waals surface area contributed by atoms with Gasteiger partial charge in [-0.25, -0.2) is 0 Å². The number of hydrazone groups is 1. The maximum absolute atomic E-state index is 10.7. The van der Waals surface area contributed by atoms with Crippen molar-refractivity contribution in [3.63, 3.8) is 0 Å². The van der Waals surface area contributed by atoms with Gasteiger partial charge in [0.1, 0.15) is 6.54 Å². The van der Waals surface area contributed by atoms with Crippen molar-refractivity contribution in [3.05, 3.63) is 35.9 Å². The summed E-state index contributed by atoms with van der Waals surface area (Å²) in [6.07, 6.45) is 5.28. The monoisotopic (exact) mass is 202 g/mol. The van der Waals surface area contributed by atoms with E-state index in [0.717, 1.165) is 11.3 Å². The third kappa shape index (κ3) is 2.04. The number of anilines is 1. The van der Waals surface area contributed by atoms with Gasteiger partial charge in [-0.1, -0.05) is 24.3 Å². The van der Waals surface area contributed by atoms with E-state index in [-0.39, 0.29) is 6.54 Å². The molecule has 2 rings (SSSR count). The Labute approximate surface area is 87.1 Å². The molecule has 1 aromatic carbocycles. The predicted molar refractivity (Wildman–Crippen MR) is 58.9 cm³/mol. The summed E-state index contributed by atoms with van der Waals surface area (Å²) in [5, 5.41) is 14.3. The third-order valence-electron chi connectivity index (χ3n) is 2.07. The van der Waals surface area contributed by atoms with Crippen molar-refractivity contribution in [2.24, 2.45) is 5.10 Å². The predicted octanol–water partition coefficient (Wildman–Crippen LogP) is 1.59. The molecule has 0 aromatic heterocycles. The molecule has 0 unspecified atom stereocenters. The van der Waals surface area contributed by atoms with Gasteiger partial charge >= 0.3 is 5.97 Å². The molecule has 0 spiro atoms. The molecule has 1 aromatic rings. The molecule has 0 amide bonds. The minimum atomic E-state index is -0.899. The van der Waals surface area contributed by atoms with E-state index < -0.39 is 5.97 Å². The van der Waals surface area contributed by atoms with Gasteiger partial charge in [-0.05, 0) is 17.7 Å². The lowest BCUT2D eigenvalue weighted by Gasteiger charge is -2.17. The van der Waals surface area contributed by atoms with Crippen LogP contribution >= 0.6 is 0 Å². The number of fused-ring (bicyclic) bond motifs is 1. The standard InChI is InChI=1S/C11H10N2O2/c14-11(15)8-13-10-6-2-1-4-9(10)5-3-7-12-13/h1-7H,8H2,(H,14,15). The van der Waals surface area contributed by atoms with Gasteiger partial charge in [-0.15, -0.1) is 0 Å². The number of allylic oxidation sites excluding steroid dienone is 1. The average molecular weight is 202 g/mol. The highest BCUT2D eigenvalue weighted by atomic mass is 16.4. The van der Waals surface area contributed by atoms with Crippen LogP contribution in [0.15, 0.2) is 35.4 Å². The molecule has 0 radical (unpaired) electrons. The van der Waals surface area contributed by atoms with E-state index >= 15 is 0 Å². The van der Waals surface area contributed by atoms with E-state index in [1.165, 1.54) is 5.01 Å². The van der Waals surface area contributed by atoms with E-state index in [4.69, 9.17) is 5.11 Å². The molecule has 0 saturated carbocycles. The highest BCUT2D eigenvalue weighted by Gasteiger charge is 2.12. The van der Waals surface area contributed by atoms with Crippen molar-refractivity contribution in [1.29, 1.82) is 0 Å². The van der Waals surface area contributed by atoms with Crippen molar-refractivity contribution >= 4 is 23.9 Å². The minimum Gasteiger partial charge on any atom is -0.480 e. The molecule has 0 fully saturated rings. The van der Waals surface area contributed by atoms with Gasteiger partial charge < -0.3 is 5.11 Å². The van der Waals surface area contributed by atoms with Gasteiger partial charge in [0, 0.05) is 6.21 Å². The zero-order valence-electron chi connectivity index (χ0n) is 8.00. The highest BCUT2D eigenvalue weighted by molar-refractivity contribution is 5.86. The lowest BCUT2D eigenvalue weighted by Crippen LogP contribution is -2.24. The van der Waals surface area contributed by atoms with E-state index in [2.05, 4.69) is 5.10 Å². The van der Waals surface area contributed by atoms with Crippen LogP contribution in [0.4, 0.5) is 5.69 Å². The van der Waals surface area contributed by atoms with Gasteiger partial charge in [0.25, 0.3) is 0 Å². The topological polar surface area (TPSA) is 52.9 Å². The molecule has 0 aliphatic carbocycles. The lowest BCUT2D eigenvalue weighted by atomic mass is 10.1. The average Bonchev–Trinajstić information content (AvgIpc) is 2.41. The first-order valence-corrected chi connectivity index (χ1v) is 4.56. The first kappa shape index (κ1) is 9.45. The van der Waals surface area contributed by atoms with Crippen LogP contribution in [0, 0.1) is 0 Å². The van der Waals surface area contributed by atoms with E-state index in [1.54, 1.807) is 12.3 Å². The second-order valence-electron chi connectivity index (χ2n) is 3.13. The molecule has 1 aliphatic heterocycles. The van der Waals surface area contributed by atoms with Crippen LogP contribution in [0.25, 0.3) is 6.08 Å². The number of carboxylic acids is 1. The number of benzene rings is 1. The van der Waals surface area contributed by atoms with Gasteiger partial charge in [0.2, 0.25) is 0 Å². The molecule has 0 saturated heterocycles. The van der Waals surface area contributed by atoms with Crippen LogP contribution in [0.2, 0.25) is 0 Å². The fourth-order valence-electron chi connectivity index (χ4n) is 1.45. The maximum Gasteiger partial charge on any atom is 0.325 e. The first-order chi connectivity index (χ1) is 7.27. The summed E-state index contributed by atoms with van der Waals surface area (Å²) >= 11 is 0. The van der Waals surface area contributed by atoms with Crippen molar-refractivity contribution in [1.82, 2.24) is 0 Å². The van der Waals surface area contributed by atoms with Crippen LogP contribution in [0.3, 0.4) is 0 Å². The van der Waals surface area contributed by atoms with Gasteiger partial charge in [-0.2, -0.15) is 5.10 Å². The number of carbonyl (C=O) groups is 1. The number of para-hydroxylation sites is 1. The van der Waals surface area contributed by atoms with Crippen LogP contribution in [0.1, 0.15) is 5.56 Å². The van der Waals surface area contributed by atoms with Crippen LogP contribution in [-0.2, 0) is 4.79 Å². The van der Waals surface area contributed by atoms with Crippen molar-refractivity contribution in [3.8, 4) is 0 Å². The Hall–Kier alpha value is -2.10. The number of hydrogen-bond donors (Lipinski definition) is 1. The molecule has 1 aliphatic rings. The third-order valence-corrected chi connectivity index (χ3v) is 2.07. The summed E-state index contributed by atoms with van der Waals surface area (Å²) in [4.78, 5) is 10.7. The van der Waals surface area contributed by atoms with Gasteiger partial charge in [-0.3, -0.25) is 9.80 Å². The van der Waals surface area contributed by atoms with Crippen molar-refractivity contribution in [2.75, 3.05) is 11.6 Å². The quantitative estimate of drug-likeness (QED) is 0.792. The minimum absolute atomic E-state index is 0.130. The zero-order valence-corrected chi connectivity index (χ0v) is 8.00. The van der Waals surface area contributed by atoms with Crippen LogP contribution < -0.4 is 5.01 Å². The number of carboxylic acid groups (broad SMARTS) is 1. The Bertz CT molecular complexity index is 438. The van der Waals surface area contributed by atoms with Crippen molar-refractivity contribution < 1.29 is 9.90 Å². The number of aliphatic carboxylic acids is 1. The zero-order chi connectivity index (χ0) is 10.7. The molecule has 4 nitrogen and oxygen atoms in total. The summed E-state index contributed by atoms with van der Waals surface area (Å²) in [6.45, 7) is -0.130. The Kier molecular flexibility index (Phi) is 2.49. The SMILES string of the molecule is O=C(O)CN1N=CC=Cc2ccccc21. The Morgan fingerprint density at radius 1 is 1.40 bits per heavy atom. The number of rotatable bonds is 2. The molecule has 1 N–H and O–H groups in total. The van der Waals surface area contributed by atoms with Crippen LogP contribution in [0.5, 0.6) is 0 Å². The Balaban J connectivity index is 2.39. The summed E-state index contributed by atoms with van der Waals surface area (Å²) in [6, 6.07) is 7.55. The molecule has 0 bridgehead atoms. The number of nitrogens with zero attached hydrogens (tertiary/aromatic N) is 2. The molecule has 15 heavy (non-hydrogen) atoms. The van der Waals surface area contributed by atoms with E-state index in [0.29, 0.717) is 0 Å². The van der Waals surface area contributed by atoms with E-state index in [9.17, 15) is 4.79 Å². The number of hydrogen-bond acceptors (Lipinski definition) is 3. The normalized spacial score (nSPS) is 13.5. The summed E-state index contributed by atoms with van der Waals surface area (Å²) < 4.78 is 0. The molecule has 1 heterocycles. The molecule has 76 valence electrons. The Morgan fingerprint density at radius 2 is 2.20 bits per heavy atom. The van der Waals surface area contributed by atoms with Gasteiger partial charge in [0.15, 0.2) is 0 Å². The second kappa shape index (κ2) is 3.96. The van der Waals surface area contributed by atoms with Crippen molar-refractivity contribution in [2.45, 2.75) is 0 Å². The molecule has 0 atom stereocenters. The van der Waals surface area contributed by atoms with Gasteiger partial charge in [0.05, 0.1) is 5.69 Å². The second-order valence-corrected chi connectivity index (χ2v) is 3.13. The highest BCUT2D eigenvalue weighted by Crippen LogP contribution is 2.23. The molecular weight excluding hydrogens is 192 g/mol. The maximum atomic E-state index is 10.7. The summed E-state index contributed by atoms with van der Waals surface area (Å²) in [5.74, 6) is -0.899. The summed E-state index contributed by atoms with van der Waals surface area (Å²) in [7, 11) is 0. The van der Waals surface area contributed by atoms with Crippen LogP contribution in [-0.4, -0.2) is 23.8 Å².